The molecule has 1 aliphatic rings. The number of hydrogen-bond donors (Lipinski definition) is 1. The maximum atomic E-state index is 12.5. The fourth-order valence-corrected chi connectivity index (χ4v) is 2.54. The molecule has 5 nitrogen and oxygen atoms in total. The standard InChI is InChI=1S/C16H16F3N3O2/c17-16(18,19)12-3-1-11(2-4-12)7-15(23)21-13-8-20-22(9-13)14-5-6-24-10-14/h1-4,8-9,14H,5-7,10H2,(H,21,23)/t14-/m0/s1. The molecular formula is C16H16F3N3O2. The number of benzene rings is 1. The van der Waals surface area contributed by atoms with Gasteiger partial charge in [-0.1, -0.05) is 12.1 Å². The monoisotopic (exact) mass is 339 g/mol. The molecule has 1 N–H and O–H groups in total. The van der Waals surface area contributed by atoms with Gasteiger partial charge in [-0.2, -0.15) is 18.3 Å². The predicted octanol–water partition coefficient (Wildman–Crippen LogP) is 3.04. The number of amides is 1. The van der Waals surface area contributed by atoms with Gasteiger partial charge in [-0.15, -0.1) is 0 Å². The summed E-state index contributed by atoms with van der Waals surface area (Å²) < 4.78 is 44.5. The first-order valence-corrected chi connectivity index (χ1v) is 7.50. The normalized spacial score (nSPS) is 17.9. The minimum atomic E-state index is -4.38. The van der Waals surface area contributed by atoms with Crippen molar-refractivity contribution in [3.05, 3.63) is 47.8 Å². The van der Waals surface area contributed by atoms with Crippen LogP contribution in [0.3, 0.4) is 0 Å². The van der Waals surface area contributed by atoms with Crippen LogP contribution < -0.4 is 5.32 Å². The van der Waals surface area contributed by atoms with Crippen molar-refractivity contribution in [3.8, 4) is 0 Å². The Bertz CT molecular complexity index is 704. The SMILES string of the molecule is O=C(Cc1ccc(C(F)(F)F)cc1)Nc1cnn([C@H]2CCOC2)c1. The number of rotatable bonds is 4. The molecule has 8 heteroatoms. The Balaban J connectivity index is 1.57. The van der Waals surface area contributed by atoms with E-state index in [1.54, 1.807) is 17.1 Å². The molecule has 1 aromatic heterocycles. The fraction of sp³-hybridized carbons (Fsp3) is 0.375. The largest absolute Gasteiger partial charge is 0.416 e. The highest BCUT2D eigenvalue weighted by atomic mass is 19.4. The van der Waals surface area contributed by atoms with E-state index in [-0.39, 0.29) is 18.4 Å². The molecule has 128 valence electrons. The van der Waals surface area contributed by atoms with Crippen molar-refractivity contribution in [1.82, 2.24) is 9.78 Å². The molecule has 1 aliphatic heterocycles. The number of nitrogens with one attached hydrogen (secondary N) is 1. The van der Waals surface area contributed by atoms with Gasteiger partial charge in [0.25, 0.3) is 0 Å². The number of alkyl halides is 3. The number of nitrogens with zero attached hydrogens (tertiary/aromatic N) is 2. The Hall–Kier alpha value is -2.35. The molecule has 1 fully saturated rings. The number of anilines is 1. The smallest absolute Gasteiger partial charge is 0.379 e. The van der Waals surface area contributed by atoms with Gasteiger partial charge >= 0.3 is 6.18 Å². The molecule has 24 heavy (non-hydrogen) atoms. The maximum Gasteiger partial charge on any atom is 0.416 e. The van der Waals surface area contributed by atoms with E-state index < -0.39 is 11.7 Å². The summed E-state index contributed by atoms with van der Waals surface area (Å²) >= 11 is 0. The van der Waals surface area contributed by atoms with Gasteiger partial charge in [0.05, 0.1) is 36.5 Å². The van der Waals surface area contributed by atoms with Crippen LogP contribution in [0.25, 0.3) is 0 Å². The van der Waals surface area contributed by atoms with Gasteiger partial charge < -0.3 is 10.1 Å². The molecule has 1 atom stereocenters. The summed E-state index contributed by atoms with van der Waals surface area (Å²) in [5, 5.41) is 6.89. The van der Waals surface area contributed by atoms with Crippen LogP contribution in [0.5, 0.6) is 0 Å². The van der Waals surface area contributed by atoms with Crippen molar-refractivity contribution >= 4 is 11.6 Å². The second-order valence-corrected chi connectivity index (χ2v) is 5.65. The summed E-state index contributed by atoms with van der Waals surface area (Å²) in [7, 11) is 0. The highest BCUT2D eigenvalue weighted by molar-refractivity contribution is 5.91. The number of hydrogen-bond acceptors (Lipinski definition) is 3. The first-order chi connectivity index (χ1) is 11.4. The zero-order valence-electron chi connectivity index (χ0n) is 12.7. The molecular weight excluding hydrogens is 323 g/mol. The van der Waals surface area contributed by atoms with Gasteiger partial charge in [-0.25, -0.2) is 0 Å². The van der Waals surface area contributed by atoms with E-state index in [0.29, 0.717) is 24.5 Å². The molecule has 3 rings (SSSR count). The Morgan fingerprint density at radius 3 is 2.71 bits per heavy atom. The molecule has 2 heterocycles. The zero-order chi connectivity index (χ0) is 17.2. The number of ether oxygens (including phenoxy) is 1. The van der Waals surface area contributed by atoms with E-state index in [4.69, 9.17) is 4.74 Å². The van der Waals surface area contributed by atoms with Crippen molar-refractivity contribution in [2.24, 2.45) is 0 Å². The third-order valence-corrected chi connectivity index (χ3v) is 3.81. The van der Waals surface area contributed by atoms with Gasteiger partial charge in [0.2, 0.25) is 5.91 Å². The molecule has 0 bridgehead atoms. The molecule has 0 radical (unpaired) electrons. The van der Waals surface area contributed by atoms with Crippen LogP contribution in [0.15, 0.2) is 36.7 Å². The van der Waals surface area contributed by atoms with Crippen molar-refractivity contribution in [3.63, 3.8) is 0 Å². The Morgan fingerprint density at radius 1 is 1.33 bits per heavy atom. The van der Waals surface area contributed by atoms with E-state index in [1.807, 2.05) is 0 Å². The van der Waals surface area contributed by atoms with Crippen LogP contribution in [0, 0.1) is 0 Å². The van der Waals surface area contributed by atoms with E-state index in [1.165, 1.54) is 12.1 Å². The van der Waals surface area contributed by atoms with E-state index in [2.05, 4.69) is 10.4 Å². The van der Waals surface area contributed by atoms with Crippen LogP contribution in [0.2, 0.25) is 0 Å². The summed E-state index contributed by atoms with van der Waals surface area (Å²) in [5.41, 5.74) is 0.336. The maximum absolute atomic E-state index is 12.5. The lowest BCUT2D eigenvalue weighted by molar-refractivity contribution is -0.137. The third-order valence-electron chi connectivity index (χ3n) is 3.81. The molecule has 0 spiro atoms. The average Bonchev–Trinajstić information content (AvgIpc) is 3.17. The number of carbonyl (C=O) groups excluding carboxylic acids is 1. The van der Waals surface area contributed by atoms with E-state index in [9.17, 15) is 18.0 Å². The average molecular weight is 339 g/mol. The third kappa shape index (κ3) is 3.94. The van der Waals surface area contributed by atoms with Gasteiger partial charge in [-0.3, -0.25) is 9.48 Å². The predicted molar refractivity (Wildman–Crippen MR) is 80.5 cm³/mol. The van der Waals surface area contributed by atoms with E-state index >= 15 is 0 Å². The highest BCUT2D eigenvalue weighted by Crippen LogP contribution is 2.29. The lowest BCUT2D eigenvalue weighted by Crippen LogP contribution is -2.14. The summed E-state index contributed by atoms with van der Waals surface area (Å²) in [6, 6.07) is 4.73. The molecule has 0 aliphatic carbocycles. The zero-order valence-corrected chi connectivity index (χ0v) is 12.7. The number of halogens is 3. The quantitative estimate of drug-likeness (QED) is 0.931. The minimum absolute atomic E-state index is 0.00411. The Morgan fingerprint density at radius 2 is 2.08 bits per heavy atom. The molecule has 2 aromatic rings. The highest BCUT2D eigenvalue weighted by Gasteiger charge is 2.30. The van der Waals surface area contributed by atoms with Crippen molar-refractivity contribution in [2.75, 3.05) is 18.5 Å². The summed E-state index contributed by atoms with van der Waals surface area (Å²) in [6.45, 7) is 1.29. The van der Waals surface area contributed by atoms with Gasteiger partial charge in [-0.05, 0) is 24.1 Å². The van der Waals surface area contributed by atoms with Crippen molar-refractivity contribution in [2.45, 2.75) is 25.1 Å². The summed E-state index contributed by atoms with van der Waals surface area (Å²) in [4.78, 5) is 12.0. The lowest BCUT2D eigenvalue weighted by Gasteiger charge is -2.08. The first-order valence-electron chi connectivity index (χ1n) is 7.50. The van der Waals surface area contributed by atoms with E-state index in [0.717, 1.165) is 18.6 Å². The molecule has 1 saturated heterocycles. The second kappa shape index (κ2) is 6.64. The number of aromatic nitrogens is 2. The van der Waals surface area contributed by atoms with Crippen LogP contribution in [-0.4, -0.2) is 28.9 Å². The number of carbonyl (C=O) groups is 1. The molecule has 1 aromatic carbocycles. The van der Waals surface area contributed by atoms with Crippen molar-refractivity contribution in [1.29, 1.82) is 0 Å². The minimum Gasteiger partial charge on any atom is -0.379 e. The topological polar surface area (TPSA) is 56.2 Å². The molecule has 1 amide bonds. The fourth-order valence-electron chi connectivity index (χ4n) is 2.54. The molecule has 0 unspecified atom stereocenters. The van der Waals surface area contributed by atoms with Crippen LogP contribution in [0.4, 0.5) is 18.9 Å². The van der Waals surface area contributed by atoms with Gasteiger partial charge in [0, 0.05) is 12.8 Å². The van der Waals surface area contributed by atoms with Gasteiger partial charge in [0.15, 0.2) is 0 Å². The van der Waals surface area contributed by atoms with Crippen LogP contribution >= 0.6 is 0 Å². The second-order valence-electron chi connectivity index (χ2n) is 5.65. The first kappa shape index (κ1) is 16.5. The summed E-state index contributed by atoms with van der Waals surface area (Å²) in [5.74, 6) is -0.308. The van der Waals surface area contributed by atoms with Crippen LogP contribution in [0.1, 0.15) is 23.6 Å². The Kier molecular flexibility index (Phi) is 4.57. The Labute approximate surface area is 136 Å². The molecule has 0 saturated carbocycles. The van der Waals surface area contributed by atoms with Gasteiger partial charge in [0.1, 0.15) is 0 Å². The lowest BCUT2D eigenvalue weighted by atomic mass is 10.1. The van der Waals surface area contributed by atoms with Crippen LogP contribution in [-0.2, 0) is 22.1 Å². The van der Waals surface area contributed by atoms with Crippen molar-refractivity contribution < 1.29 is 22.7 Å². The summed E-state index contributed by atoms with van der Waals surface area (Å²) in [6.07, 6.45) is -0.233.